The van der Waals surface area contributed by atoms with Gasteiger partial charge in [-0.25, -0.2) is 0 Å². The third kappa shape index (κ3) is 8.84. The molecule has 1 N–H and O–H groups in total. The zero-order valence-corrected chi connectivity index (χ0v) is 25.6. The molecule has 4 aromatic rings. The van der Waals surface area contributed by atoms with Crippen LogP contribution in [0.15, 0.2) is 94.7 Å². The zero-order chi connectivity index (χ0) is 26.4. The molecule has 0 aliphatic carbocycles. The van der Waals surface area contributed by atoms with Crippen LogP contribution in [0, 0.1) is 6.92 Å². The molecule has 0 aliphatic rings. The van der Waals surface area contributed by atoms with Gasteiger partial charge in [0.25, 0.3) is 0 Å². The van der Waals surface area contributed by atoms with Gasteiger partial charge in [0.2, 0.25) is 0 Å². The quantitative estimate of drug-likeness (QED) is 0.157. The lowest BCUT2D eigenvalue weighted by Crippen LogP contribution is -3.00. The summed E-state index contributed by atoms with van der Waals surface area (Å²) < 4.78 is 0.865. The molecule has 0 unspecified atom stereocenters. The fraction of sp³-hybridized carbons (Fsp3) is 0.226. The molecule has 0 amide bonds. The summed E-state index contributed by atoms with van der Waals surface area (Å²) in [4.78, 5) is 2.36. The second kappa shape index (κ2) is 14.0. The average Bonchev–Trinajstić information content (AvgIpc) is 2.86. The Hall–Kier alpha value is -1.85. The highest BCUT2D eigenvalue weighted by Crippen LogP contribution is 2.36. The maximum Gasteiger partial charge on any atom is 0.104 e. The van der Waals surface area contributed by atoms with Gasteiger partial charge in [-0.3, -0.25) is 0 Å². The number of hydrogen-bond acceptors (Lipinski definition) is 2. The van der Waals surface area contributed by atoms with E-state index in [1.165, 1.54) is 27.1 Å². The van der Waals surface area contributed by atoms with Gasteiger partial charge in [0, 0.05) is 39.0 Å². The summed E-state index contributed by atoms with van der Waals surface area (Å²) in [5.41, 5.74) is 5.98. The number of anilines is 1. The van der Waals surface area contributed by atoms with Crippen LogP contribution < -0.4 is 17.7 Å². The van der Waals surface area contributed by atoms with E-state index < -0.39 is 0 Å². The maximum atomic E-state index is 6.35. The lowest BCUT2D eigenvalue weighted by atomic mass is 10.0. The first-order valence-corrected chi connectivity index (χ1v) is 14.3. The number of rotatable bonds is 10. The Morgan fingerprint density at radius 1 is 0.763 bits per heavy atom. The topological polar surface area (TPSA) is 12.0 Å². The molecule has 200 valence electrons. The SMILES string of the molecule is Cc1ccc(-c2ccc(Sc3ccc(Cl)cc3NCCC[N+](C)(C)Cc3ccc(Cl)c(Cl)c3)cc2)cc1.[Cl-]. The molecular weight excluding hydrogens is 574 g/mol. The van der Waals surface area contributed by atoms with Gasteiger partial charge in [0.05, 0.1) is 30.7 Å². The van der Waals surface area contributed by atoms with Crippen LogP contribution in [0.1, 0.15) is 17.5 Å². The number of quaternary nitrogens is 1. The molecule has 0 atom stereocenters. The van der Waals surface area contributed by atoms with Crippen molar-refractivity contribution < 1.29 is 16.9 Å². The van der Waals surface area contributed by atoms with E-state index in [1.807, 2.05) is 24.3 Å². The van der Waals surface area contributed by atoms with Gasteiger partial charge in [-0.15, -0.1) is 0 Å². The molecular formula is C31H32Cl4N2S. The van der Waals surface area contributed by atoms with Crippen molar-refractivity contribution in [2.24, 2.45) is 0 Å². The fourth-order valence-electron chi connectivity index (χ4n) is 4.26. The van der Waals surface area contributed by atoms with Crippen molar-refractivity contribution in [1.29, 1.82) is 0 Å². The van der Waals surface area contributed by atoms with Crippen LogP contribution >= 0.6 is 46.6 Å². The van der Waals surface area contributed by atoms with Gasteiger partial charge in [-0.05, 0) is 60.5 Å². The van der Waals surface area contributed by atoms with E-state index in [0.717, 1.165) is 46.1 Å². The molecule has 0 spiro atoms. The second-order valence-corrected chi connectivity index (χ2v) is 12.3. The fourth-order valence-corrected chi connectivity index (χ4v) is 5.66. The van der Waals surface area contributed by atoms with Gasteiger partial charge in [0.1, 0.15) is 6.54 Å². The van der Waals surface area contributed by atoms with E-state index in [0.29, 0.717) is 10.0 Å². The molecule has 0 aromatic heterocycles. The van der Waals surface area contributed by atoms with Crippen LogP contribution in [-0.4, -0.2) is 31.7 Å². The van der Waals surface area contributed by atoms with Crippen LogP contribution in [0.5, 0.6) is 0 Å². The van der Waals surface area contributed by atoms with Crippen LogP contribution in [0.4, 0.5) is 5.69 Å². The van der Waals surface area contributed by atoms with Crippen molar-refractivity contribution in [1.82, 2.24) is 0 Å². The Labute approximate surface area is 252 Å². The van der Waals surface area contributed by atoms with Gasteiger partial charge >= 0.3 is 0 Å². The molecule has 0 saturated carbocycles. The van der Waals surface area contributed by atoms with Gasteiger partial charge in [0.15, 0.2) is 0 Å². The molecule has 0 saturated heterocycles. The number of hydrogen-bond donors (Lipinski definition) is 1. The van der Waals surface area contributed by atoms with Crippen molar-refractivity contribution in [2.75, 3.05) is 32.5 Å². The molecule has 0 bridgehead atoms. The van der Waals surface area contributed by atoms with E-state index in [4.69, 9.17) is 34.8 Å². The molecule has 2 nitrogen and oxygen atoms in total. The van der Waals surface area contributed by atoms with E-state index in [1.54, 1.807) is 11.8 Å². The summed E-state index contributed by atoms with van der Waals surface area (Å²) in [6, 6.07) is 29.3. The van der Waals surface area contributed by atoms with Gasteiger partial charge in [-0.1, -0.05) is 94.6 Å². The van der Waals surface area contributed by atoms with Crippen molar-refractivity contribution >= 4 is 52.3 Å². The highest BCUT2D eigenvalue weighted by Gasteiger charge is 2.16. The van der Waals surface area contributed by atoms with Crippen LogP contribution in [0.25, 0.3) is 11.1 Å². The number of nitrogens with zero attached hydrogens (tertiary/aromatic N) is 1. The Morgan fingerprint density at radius 3 is 2.08 bits per heavy atom. The first-order chi connectivity index (χ1) is 17.7. The molecule has 7 heteroatoms. The summed E-state index contributed by atoms with van der Waals surface area (Å²) in [6.07, 6.45) is 1.02. The zero-order valence-electron chi connectivity index (χ0n) is 21.8. The second-order valence-electron chi connectivity index (χ2n) is 9.98. The molecule has 0 heterocycles. The maximum absolute atomic E-state index is 6.35. The average molecular weight is 606 g/mol. The largest absolute Gasteiger partial charge is 1.00 e. The van der Waals surface area contributed by atoms with Crippen molar-refractivity contribution in [3.63, 3.8) is 0 Å². The summed E-state index contributed by atoms with van der Waals surface area (Å²) in [7, 11) is 4.48. The highest BCUT2D eigenvalue weighted by molar-refractivity contribution is 7.99. The third-order valence-electron chi connectivity index (χ3n) is 6.26. The summed E-state index contributed by atoms with van der Waals surface area (Å²) in [5.74, 6) is 0. The normalized spacial score (nSPS) is 11.2. The highest BCUT2D eigenvalue weighted by atomic mass is 35.5. The van der Waals surface area contributed by atoms with Crippen LogP contribution in [0.2, 0.25) is 15.1 Å². The van der Waals surface area contributed by atoms with E-state index in [9.17, 15) is 0 Å². The predicted octanol–water partition coefficient (Wildman–Crippen LogP) is 6.86. The van der Waals surface area contributed by atoms with E-state index in [-0.39, 0.29) is 12.4 Å². The van der Waals surface area contributed by atoms with Crippen LogP contribution in [-0.2, 0) is 6.54 Å². The Balaban J connectivity index is 0.00000400. The molecule has 0 aliphatic heterocycles. The Morgan fingerprint density at radius 2 is 1.42 bits per heavy atom. The lowest BCUT2D eigenvalue weighted by Gasteiger charge is -2.30. The summed E-state index contributed by atoms with van der Waals surface area (Å²) >= 11 is 20.4. The Kier molecular flexibility index (Phi) is 11.3. The Bertz CT molecular complexity index is 1340. The molecule has 4 rings (SSSR count). The van der Waals surface area contributed by atoms with Gasteiger partial charge < -0.3 is 22.2 Å². The van der Waals surface area contributed by atoms with Crippen molar-refractivity contribution in [3.05, 3.63) is 111 Å². The minimum Gasteiger partial charge on any atom is -1.00 e. The number of benzene rings is 4. The molecule has 0 fully saturated rings. The van der Waals surface area contributed by atoms with Crippen molar-refractivity contribution in [3.8, 4) is 11.1 Å². The standard InChI is InChI=1S/C31H32Cl3N2S.ClH/c1-22-5-8-24(9-6-22)25-10-13-27(14-11-25)37-31-16-12-26(32)20-30(31)35-17-4-18-36(2,3)21-23-7-15-28(33)29(34)19-23;/h5-16,19-20,35H,4,17-18,21H2,1-3H3;1H/q+1;/p-1. The summed E-state index contributed by atoms with van der Waals surface area (Å²) in [6.45, 7) is 4.90. The molecule has 4 aromatic carbocycles. The smallest absolute Gasteiger partial charge is 0.104 e. The minimum atomic E-state index is 0. The first kappa shape index (κ1) is 30.7. The van der Waals surface area contributed by atoms with Crippen molar-refractivity contribution in [2.45, 2.75) is 29.7 Å². The third-order valence-corrected chi connectivity index (χ3v) is 8.32. The number of aryl methyl sites for hydroxylation is 1. The predicted molar refractivity (Wildman–Crippen MR) is 162 cm³/mol. The van der Waals surface area contributed by atoms with E-state index in [2.05, 4.69) is 87.0 Å². The molecule has 0 radical (unpaired) electrons. The monoisotopic (exact) mass is 604 g/mol. The summed E-state index contributed by atoms with van der Waals surface area (Å²) in [5, 5.41) is 5.55. The minimum absolute atomic E-state index is 0. The lowest BCUT2D eigenvalue weighted by molar-refractivity contribution is -0.903. The van der Waals surface area contributed by atoms with Gasteiger partial charge in [-0.2, -0.15) is 0 Å². The molecule has 38 heavy (non-hydrogen) atoms. The number of halogens is 4. The first-order valence-electron chi connectivity index (χ1n) is 12.3. The van der Waals surface area contributed by atoms with E-state index >= 15 is 0 Å². The van der Waals surface area contributed by atoms with Crippen LogP contribution in [0.3, 0.4) is 0 Å². The number of nitrogens with one attached hydrogen (secondary N) is 1.